The van der Waals surface area contributed by atoms with Gasteiger partial charge in [-0.15, -0.1) is 0 Å². The summed E-state index contributed by atoms with van der Waals surface area (Å²) in [5, 5.41) is 19.1. The fraction of sp³-hybridized carbons (Fsp3) is 0.304. The molecule has 2 fully saturated rings. The van der Waals surface area contributed by atoms with E-state index in [4.69, 9.17) is 42.1 Å². The maximum absolute atomic E-state index is 12.7. The minimum Gasteiger partial charge on any atom is -0.457 e. The van der Waals surface area contributed by atoms with Crippen LogP contribution in [0.25, 0.3) is 0 Å². The number of ether oxygens (including phenoxy) is 4. The number of hydrogen-bond donors (Lipinski definition) is 0. The number of nitriles is 2. The van der Waals surface area contributed by atoms with Gasteiger partial charge in [-0.05, 0) is 91.1 Å². The number of nitrogens with zero attached hydrogens (tertiary/aromatic N) is 2. The van der Waals surface area contributed by atoms with Gasteiger partial charge in [0.05, 0.1) is 11.8 Å². The summed E-state index contributed by atoms with van der Waals surface area (Å²) in [6, 6.07) is 36.9. The van der Waals surface area contributed by atoms with E-state index in [0.717, 1.165) is 0 Å². The fourth-order valence-electron chi connectivity index (χ4n) is 6.82. The summed E-state index contributed by atoms with van der Waals surface area (Å²) in [7, 11) is 0. The Morgan fingerprint density at radius 3 is 1.34 bits per heavy atom. The van der Waals surface area contributed by atoms with Gasteiger partial charge < -0.3 is 18.9 Å². The molecule has 4 aromatic carbocycles. The van der Waals surface area contributed by atoms with Crippen LogP contribution in [0.2, 0.25) is 0 Å². The normalized spacial score (nSPS) is 20.4. The molecule has 4 aromatic rings. The van der Waals surface area contributed by atoms with Gasteiger partial charge in [0.2, 0.25) is 12.2 Å². The number of carbonyl (C=O) groups is 2. The van der Waals surface area contributed by atoms with Gasteiger partial charge in [0.1, 0.15) is 39.6 Å². The van der Waals surface area contributed by atoms with Gasteiger partial charge in [-0.2, -0.15) is 10.5 Å². The second-order valence-corrected chi connectivity index (χ2v) is 16.2. The van der Waals surface area contributed by atoms with Crippen LogP contribution < -0.4 is 9.47 Å². The zero-order chi connectivity index (χ0) is 40.6. The first kappa shape index (κ1) is 41.6. The number of para-hydroxylation sites is 2. The summed E-state index contributed by atoms with van der Waals surface area (Å²) in [4.78, 5) is 25.3. The highest BCUT2D eigenvalue weighted by atomic mass is 35.5. The van der Waals surface area contributed by atoms with Gasteiger partial charge in [-0.25, -0.2) is 0 Å². The maximum atomic E-state index is 12.7. The van der Waals surface area contributed by atoms with Gasteiger partial charge in [-0.1, -0.05) is 123 Å². The van der Waals surface area contributed by atoms with Crippen molar-refractivity contribution in [3.05, 3.63) is 143 Å². The van der Waals surface area contributed by atoms with Crippen molar-refractivity contribution in [3.8, 4) is 35.1 Å². The summed E-state index contributed by atoms with van der Waals surface area (Å²) >= 11 is 11.5. The Morgan fingerprint density at radius 2 is 0.982 bits per heavy atom. The van der Waals surface area contributed by atoms with Gasteiger partial charge in [0, 0.05) is 11.1 Å². The first-order valence-corrected chi connectivity index (χ1v) is 18.9. The van der Waals surface area contributed by atoms with E-state index >= 15 is 0 Å². The highest BCUT2D eigenvalue weighted by molar-refractivity contribution is 6.55. The van der Waals surface area contributed by atoms with Crippen LogP contribution >= 0.6 is 23.2 Å². The van der Waals surface area contributed by atoms with Crippen molar-refractivity contribution in [2.45, 2.75) is 53.8 Å². The lowest BCUT2D eigenvalue weighted by Crippen LogP contribution is -2.14. The molecule has 10 heteroatoms. The van der Waals surface area contributed by atoms with Crippen LogP contribution in [0.15, 0.2) is 131 Å². The lowest BCUT2D eigenvalue weighted by atomic mass is 10.1. The van der Waals surface area contributed by atoms with Gasteiger partial charge in [0.15, 0.2) is 0 Å². The lowest BCUT2D eigenvalue weighted by molar-refractivity contribution is -0.150. The molecule has 0 spiro atoms. The van der Waals surface area contributed by atoms with E-state index in [1.165, 1.54) is 5.57 Å². The van der Waals surface area contributed by atoms with Crippen molar-refractivity contribution in [2.75, 3.05) is 0 Å². The number of rotatable bonds is 12. The van der Waals surface area contributed by atoms with Crippen LogP contribution in [0.5, 0.6) is 23.0 Å². The number of allylic oxidation sites excluding steroid dienone is 3. The van der Waals surface area contributed by atoms with Crippen molar-refractivity contribution in [3.63, 3.8) is 0 Å². The Hall–Kier alpha value is -5.54. The second-order valence-electron chi connectivity index (χ2n) is 15.2. The Kier molecular flexibility index (Phi) is 13.3. The SMILES string of the molecule is CC(C)=CC1C(C(=O)OC(C#N)c2cccc(Oc3ccccc3)c2)C1(C)C.CC1(C)C(C=C(Cl)Cl)C1C(=O)OC(C#N)c1cccc(Oc2ccccc2)c1. The minimum atomic E-state index is -1.03. The van der Waals surface area contributed by atoms with E-state index in [1.807, 2.05) is 100 Å². The smallest absolute Gasteiger partial charge is 0.311 e. The van der Waals surface area contributed by atoms with Gasteiger partial charge in [0.25, 0.3) is 0 Å². The Bertz CT molecular complexity index is 2010. The highest BCUT2D eigenvalue weighted by Gasteiger charge is 2.62. The number of halogens is 2. The third kappa shape index (κ3) is 10.4. The number of hydrogen-bond acceptors (Lipinski definition) is 8. The highest BCUT2D eigenvalue weighted by Crippen LogP contribution is 2.61. The van der Waals surface area contributed by atoms with E-state index in [1.54, 1.807) is 48.5 Å². The molecule has 0 N–H and O–H groups in total. The summed E-state index contributed by atoms with van der Waals surface area (Å²) in [5.41, 5.74) is 1.86. The third-order valence-electron chi connectivity index (χ3n) is 10.1. The average Bonchev–Trinajstić information content (AvgIpc) is 3.93. The van der Waals surface area contributed by atoms with E-state index in [0.29, 0.717) is 34.1 Å². The minimum absolute atomic E-state index is 0.114. The summed E-state index contributed by atoms with van der Waals surface area (Å²) < 4.78 is 22.8. The molecule has 288 valence electrons. The Balaban J connectivity index is 0.000000214. The van der Waals surface area contributed by atoms with Crippen molar-refractivity contribution < 1.29 is 28.5 Å². The van der Waals surface area contributed by atoms with Crippen molar-refractivity contribution in [1.82, 2.24) is 0 Å². The van der Waals surface area contributed by atoms with Crippen LogP contribution in [0.3, 0.4) is 0 Å². The Labute approximate surface area is 338 Å². The Morgan fingerprint density at radius 1 is 0.607 bits per heavy atom. The number of benzene rings is 4. The molecule has 0 saturated heterocycles. The lowest BCUT2D eigenvalue weighted by Gasteiger charge is -2.13. The van der Waals surface area contributed by atoms with Crippen molar-refractivity contribution in [1.29, 1.82) is 10.5 Å². The van der Waals surface area contributed by atoms with E-state index in [9.17, 15) is 20.1 Å². The molecule has 0 aliphatic heterocycles. The topological polar surface area (TPSA) is 119 Å². The maximum Gasteiger partial charge on any atom is 0.311 e. The fourth-order valence-corrected chi connectivity index (χ4v) is 7.09. The molecule has 2 aliphatic rings. The zero-order valence-electron chi connectivity index (χ0n) is 32.1. The molecular weight excluding hydrogens is 747 g/mol. The molecule has 6 rings (SSSR count). The van der Waals surface area contributed by atoms with E-state index in [-0.39, 0.29) is 45.0 Å². The van der Waals surface area contributed by atoms with Crippen molar-refractivity contribution >= 4 is 35.1 Å². The molecule has 0 bridgehead atoms. The number of esters is 2. The third-order valence-corrected chi connectivity index (χ3v) is 10.4. The molecule has 2 aliphatic carbocycles. The average molecular weight is 792 g/mol. The monoisotopic (exact) mass is 790 g/mol. The molecular formula is C46H44Cl2N2O6. The van der Waals surface area contributed by atoms with Crippen LogP contribution in [0.4, 0.5) is 0 Å². The standard InChI is InChI=1S/C24H25NO3.C22H19Cl2NO3/c1-16(2)13-20-22(24(20,3)4)23(26)28-21(15-25)17-9-8-12-19(14-17)27-18-10-6-5-7-11-18;1-22(2)17(12-19(23)24)20(22)21(26)28-18(13-25)14-7-6-10-16(11-14)27-15-8-4-3-5-9-15/h5-14,20-22H,1-4H3;3-12,17-18,20H,1-2H3. The summed E-state index contributed by atoms with van der Waals surface area (Å²) in [5.74, 6) is 1.19. The first-order chi connectivity index (χ1) is 26.6. The predicted molar refractivity (Wildman–Crippen MR) is 216 cm³/mol. The van der Waals surface area contributed by atoms with Crippen LogP contribution in [-0.4, -0.2) is 11.9 Å². The van der Waals surface area contributed by atoms with E-state index in [2.05, 4.69) is 26.0 Å². The van der Waals surface area contributed by atoms with Crippen LogP contribution in [0, 0.1) is 57.2 Å². The van der Waals surface area contributed by atoms with E-state index < -0.39 is 18.2 Å². The molecule has 0 amide bonds. The molecule has 6 unspecified atom stereocenters. The first-order valence-electron chi connectivity index (χ1n) is 18.2. The van der Waals surface area contributed by atoms with Crippen LogP contribution in [0.1, 0.15) is 64.9 Å². The summed E-state index contributed by atoms with van der Waals surface area (Å²) in [6.07, 6.45) is 1.77. The molecule has 8 nitrogen and oxygen atoms in total. The number of carbonyl (C=O) groups excluding carboxylic acids is 2. The quantitative estimate of drug-likeness (QED) is 0.103. The zero-order valence-corrected chi connectivity index (χ0v) is 33.6. The van der Waals surface area contributed by atoms with Gasteiger partial charge >= 0.3 is 11.9 Å². The van der Waals surface area contributed by atoms with Crippen molar-refractivity contribution in [2.24, 2.45) is 34.5 Å². The molecule has 0 heterocycles. The van der Waals surface area contributed by atoms with Gasteiger partial charge in [-0.3, -0.25) is 9.59 Å². The predicted octanol–water partition coefficient (Wildman–Crippen LogP) is 12.0. The molecule has 0 radical (unpaired) electrons. The molecule has 56 heavy (non-hydrogen) atoms. The summed E-state index contributed by atoms with van der Waals surface area (Å²) in [6.45, 7) is 12.0. The molecule has 2 saturated carbocycles. The molecule has 6 atom stereocenters. The van der Waals surface area contributed by atoms with Crippen LogP contribution in [-0.2, 0) is 19.1 Å². The second kappa shape index (κ2) is 17.9. The largest absolute Gasteiger partial charge is 0.457 e. The molecule has 0 aromatic heterocycles.